The Kier molecular flexibility index (Phi) is 3.34. The Morgan fingerprint density at radius 1 is 1.53 bits per heavy atom. The van der Waals surface area contributed by atoms with Gasteiger partial charge in [0.15, 0.2) is 5.22 Å². The lowest BCUT2D eigenvalue weighted by molar-refractivity contribution is 0.0270. The molecule has 1 aromatic rings. The second-order valence-electron chi connectivity index (χ2n) is 4.28. The first kappa shape index (κ1) is 11.0. The summed E-state index contributed by atoms with van der Waals surface area (Å²) in [6.45, 7) is 4.52. The summed E-state index contributed by atoms with van der Waals surface area (Å²) in [5.74, 6) is 0.867. The molecule has 1 atom stereocenters. The zero-order valence-electron chi connectivity index (χ0n) is 8.88. The first-order valence-electron chi connectivity index (χ1n) is 5.25. The molecule has 1 aliphatic rings. The normalized spacial score (nSPS) is 26.8. The Morgan fingerprint density at radius 3 is 3.00 bits per heavy atom. The van der Waals surface area contributed by atoms with E-state index in [9.17, 15) is 0 Å². The van der Waals surface area contributed by atoms with E-state index in [2.05, 4.69) is 12.2 Å². The van der Waals surface area contributed by atoms with Crippen LogP contribution in [0.2, 0.25) is 5.22 Å². The van der Waals surface area contributed by atoms with Gasteiger partial charge in [-0.15, -0.1) is 0 Å². The topological polar surface area (TPSA) is 34.4 Å². The zero-order chi connectivity index (χ0) is 10.7. The molecule has 4 heteroatoms. The number of furan rings is 1. The van der Waals surface area contributed by atoms with Gasteiger partial charge in [0.05, 0.1) is 13.2 Å². The molecule has 1 saturated heterocycles. The molecule has 1 fully saturated rings. The SMILES string of the molecule is CC1(NCc2ccc(Cl)o2)CCCOC1. The first-order chi connectivity index (χ1) is 7.18. The highest BCUT2D eigenvalue weighted by Crippen LogP contribution is 2.20. The van der Waals surface area contributed by atoms with Crippen LogP contribution >= 0.6 is 11.6 Å². The Bertz CT molecular complexity index is 318. The van der Waals surface area contributed by atoms with Crippen LogP contribution in [0.25, 0.3) is 0 Å². The third-order valence-electron chi connectivity index (χ3n) is 2.76. The molecule has 0 radical (unpaired) electrons. The fourth-order valence-corrected chi connectivity index (χ4v) is 1.98. The predicted molar refractivity (Wildman–Crippen MR) is 59.0 cm³/mol. The monoisotopic (exact) mass is 229 g/mol. The van der Waals surface area contributed by atoms with Crippen LogP contribution in [0.3, 0.4) is 0 Å². The van der Waals surface area contributed by atoms with Crippen molar-refractivity contribution in [1.29, 1.82) is 0 Å². The minimum Gasteiger partial charge on any atom is -0.448 e. The summed E-state index contributed by atoms with van der Waals surface area (Å²) < 4.78 is 10.7. The Hall–Kier alpha value is -0.510. The standard InChI is InChI=1S/C11H16ClNO2/c1-11(5-2-6-14-8-11)13-7-9-3-4-10(12)15-9/h3-4,13H,2,5-8H2,1H3. The highest BCUT2D eigenvalue weighted by molar-refractivity contribution is 6.28. The van der Waals surface area contributed by atoms with Crippen LogP contribution in [-0.2, 0) is 11.3 Å². The first-order valence-corrected chi connectivity index (χ1v) is 5.63. The van der Waals surface area contributed by atoms with E-state index in [4.69, 9.17) is 20.8 Å². The minimum atomic E-state index is 0.0670. The average molecular weight is 230 g/mol. The van der Waals surface area contributed by atoms with Crippen molar-refractivity contribution in [3.8, 4) is 0 Å². The van der Waals surface area contributed by atoms with Crippen LogP contribution in [0.15, 0.2) is 16.5 Å². The van der Waals surface area contributed by atoms with Gasteiger partial charge in [0.2, 0.25) is 0 Å². The third kappa shape index (κ3) is 2.97. The second kappa shape index (κ2) is 4.56. The van der Waals surface area contributed by atoms with Crippen molar-refractivity contribution in [2.75, 3.05) is 13.2 Å². The number of rotatable bonds is 3. The van der Waals surface area contributed by atoms with E-state index >= 15 is 0 Å². The Balaban J connectivity index is 1.86. The van der Waals surface area contributed by atoms with Gasteiger partial charge in [-0.2, -0.15) is 0 Å². The molecule has 0 saturated carbocycles. The zero-order valence-corrected chi connectivity index (χ0v) is 9.64. The molecular weight excluding hydrogens is 214 g/mol. The minimum absolute atomic E-state index is 0.0670. The number of nitrogens with one attached hydrogen (secondary N) is 1. The maximum atomic E-state index is 5.70. The molecule has 0 aromatic carbocycles. The summed E-state index contributed by atoms with van der Waals surface area (Å²) in [6.07, 6.45) is 2.25. The predicted octanol–water partition coefficient (Wildman–Crippen LogP) is 2.59. The van der Waals surface area contributed by atoms with Gasteiger partial charge >= 0.3 is 0 Å². The summed E-state index contributed by atoms with van der Waals surface area (Å²) in [7, 11) is 0. The molecular formula is C11H16ClNO2. The third-order valence-corrected chi connectivity index (χ3v) is 2.96. The van der Waals surface area contributed by atoms with Gasteiger partial charge in [-0.3, -0.25) is 0 Å². The molecule has 0 aliphatic carbocycles. The number of ether oxygens (including phenoxy) is 1. The van der Waals surface area contributed by atoms with E-state index in [0.29, 0.717) is 11.8 Å². The van der Waals surface area contributed by atoms with Crippen LogP contribution in [0, 0.1) is 0 Å². The Labute approximate surface area is 94.7 Å². The molecule has 1 unspecified atom stereocenters. The highest BCUT2D eigenvalue weighted by Gasteiger charge is 2.26. The molecule has 2 rings (SSSR count). The molecule has 1 N–H and O–H groups in total. The molecule has 0 spiro atoms. The van der Waals surface area contributed by atoms with Gasteiger partial charge in [0.25, 0.3) is 0 Å². The lowest BCUT2D eigenvalue weighted by Gasteiger charge is -2.34. The Morgan fingerprint density at radius 2 is 2.40 bits per heavy atom. The maximum Gasteiger partial charge on any atom is 0.193 e. The molecule has 3 nitrogen and oxygen atoms in total. The quantitative estimate of drug-likeness (QED) is 0.865. The summed E-state index contributed by atoms with van der Waals surface area (Å²) in [4.78, 5) is 0. The van der Waals surface area contributed by atoms with Crippen LogP contribution < -0.4 is 5.32 Å². The number of hydrogen-bond donors (Lipinski definition) is 1. The van der Waals surface area contributed by atoms with Crippen LogP contribution in [0.4, 0.5) is 0 Å². The summed E-state index contributed by atoms with van der Waals surface area (Å²) in [5.41, 5.74) is 0.0670. The fourth-order valence-electron chi connectivity index (χ4n) is 1.82. The van der Waals surface area contributed by atoms with Crippen molar-refractivity contribution in [3.63, 3.8) is 0 Å². The van der Waals surface area contributed by atoms with Crippen molar-refractivity contribution < 1.29 is 9.15 Å². The summed E-state index contributed by atoms with van der Waals surface area (Å²) in [5, 5.41) is 3.89. The summed E-state index contributed by atoms with van der Waals surface area (Å²) >= 11 is 5.70. The van der Waals surface area contributed by atoms with E-state index in [1.165, 1.54) is 0 Å². The second-order valence-corrected chi connectivity index (χ2v) is 4.65. The van der Waals surface area contributed by atoms with E-state index in [1.807, 2.05) is 6.07 Å². The van der Waals surface area contributed by atoms with E-state index < -0.39 is 0 Å². The lowest BCUT2D eigenvalue weighted by Crippen LogP contribution is -2.48. The van der Waals surface area contributed by atoms with E-state index in [-0.39, 0.29) is 5.54 Å². The van der Waals surface area contributed by atoms with Crippen molar-refractivity contribution in [3.05, 3.63) is 23.1 Å². The van der Waals surface area contributed by atoms with Gasteiger partial charge in [-0.25, -0.2) is 0 Å². The fraction of sp³-hybridized carbons (Fsp3) is 0.636. The molecule has 2 heterocycles. The molecule has 0 amide bonds. The summed E-state index contributed by atoms with van der Waals surface area (Å²) in [6, 6.07) is 3.65. The molecule has 15 heavy (non-hydrogen) atoms. The number of halogens is 1. The van der Waals surface area contributed by atoms with Gasteiger partial charge in [0.1, 0.15) is 5.76 Å². The van der Waals surface area contributed by atoms with Crippen molar-refractivity contribution in [1.82, 2.24) is 5.32 Å². The van der Waals surface area contributed by atoms with Crippen LogP contribution in [-0.4, -0.2) is 18.8 Å². The van der Waals surface area contributed by atoms with Gasteiger partial charge in [0, 0.05) is 12.1 Å². The maximum absolute atomic E-state index is 5.70. The van der Waals surface area contributed by atoms with Crippen LogP contribution in [0.5, 0.6) is 0 Å². The van der Waals surface area contributed by atoms with Crippen LogP contribution in [0.1, 0.15) is 25.5 Å². The van der Waals surface area contributed by atoms with Gasteiger partial charge in [-0.05, 0) is 43.5 Å². The van der Waals surface area contributed by atoms with E-state index in [1.54, 1.807) is 6.07 Å². The molecule has 1 aromatic heterocycles. The lowest BCUT2D eigenvalue weighted by atomic mass is 9.95. The number of hydrogen-bond acceptors (Lipinski definition) is 3. The largest absolute Gasteiger partial charge is 0.448 e. The highest BCUT2D eigenvalue weighted by atomic mass is 35.5. The van der Waals surface area contributed by atoms with Gasteiger partial charge in [-0.1, -0.05) is 0 Å². The van der Waals surface area contributed by atoms with Crippen molar-refractivity contribution in [2.45, 2.75) is 31.8 Å². The van der Waals surface area contributed by atoms with Crippen molar-refractivity contribution in [2.24, 2.45) is 0 Å². The molecule has 1 aliphatic heterocycles. The molecule has 0 bridgehead atoms. The van der Waals surface area contributed by atoms with Gasteiger partial charge < -0.3 is 14.5 Å². The smallest absolute Gasteiger partial charge is 0.193 e. The molecule has 84 valence electrons. The average Bonchev–Trinajstić information content (AvgIpc) is 2.63. The van der Waals surface area contributed by atoms with Crippen molar-refractivity contribution >= 4 is 11.6 Å². The van der Waals surface area contributed by atoms with E-state index in [0.717, 1.165) is 31.8 Å².